The van der Waals surface area contributed by atoms with Crippen LogP contribution in [0.15, 0.2) is 54.6 Å². The van der Waals surface area contributed by atoms with E-state index in [0.717, 1.165) is 38.2 Å². The molecule has 1 N–H and O–H groups in total. The highest BCUT2D eigenvalue weighted by Crippen LogP contribution is 2.24. The highest BCUT2D eigenvalue weighted by atomic mass is 16.2. The van der Waals surface area contributed by atoms with E-state index in [9.17, 15) is 4.79 Å². The van der Waals surface area contributed by atoms with Crippen LogP contribution in [0.25, 0.3) is 0 Å². The average molecular weight is 337 g/mol. The van der Waals surface area contributed by atoms with E-state index < -0.39 is 0 Å². The molecular formula is C21H27N3O. The standard InChI is InChI=1S/C21H27N3O/c1-3-14-24(18-11-6-5-7-12-18)19-15-23(16-19)21(25)22-20-13-9-8-10-17(20)4-2/h5-13,19H,3-4,14-16H2,1-2H3,(H,22,25). The van der Waals surface area contributed by atoms with Gasteiger partial charge in [0, 0.05) is 31.0 Å². The SMILES string of the molecule is CCCN(c1ccccc1)C1CN(C(=O)Nc2ccccc2CC)C1. The van der Waals surface area contributed by atoms with E-state index in [0.29, 0.717) is 6.04 Å². The van der Waals surface area contributed by atoms with Crippen LogP contribution in [0.4, 0.5) is 16.2 Å². The lowest BCUT2D eigenvalue weighted by molar-refractivity contribution is 0.161. The van der Waals surface area contributed by atoms with Crippen LogP contribution in [-0.2, 0) is 6.42 Å². The van der Waals surface area contributed by atoms with Gasteiger partial charge in [-0.3, -0.25) is 0 Å². The van der Waals surface area contributed by atoms with Crippen molar-refractivity contribution in [3.05, 3.63) is 60.2 Å². The first kappa shape index (κ1) is 17.3. The van der Waals surface area contributed by atoms with Crippen LogP contribution >= 0.6 is 0 Å². The number of para-hydroxylation sites is 2. The number of urea groups is 1. The Kier molecular flexibility index (Phi) is 5.59. The lowest BCUT2D eigenvalue weighted by Crippen LogP contribution is -2.62. The molecule has 0 saturated carbocycles. The summed E-state index contributed by atoms with van der Waals surface area (Å²) in [5, 5.41) is 3.06. The molecule has 0 spiro atoms. The summed E-state index contributed by atoms with van der Waals surface area (Å²) in [6.45, 7) is 6.86. The quantitative estimate of drug-likeness (QED) is 0.849. The fourth-order valence-corrected chi connectivity index (χ4v) is 3.35. The lowest BCUT2D eigenvalue weighted by atomic mass is 10.1. The Morgan fingerprint density at radius 3 is 2.44 bits per heavy atom. The van der Waals surface area contributed by atoms with Gasteiger partial charge >= 0.3 is 6.03 Å². The maximum Gasteiger partial charge on any atom is 0.321 e. The predicted molar refractivity (Wildman–Crippen MR) is 104 cm³/mol. The number of carbonyl (C=O) groups excluding carboxylic acids is 1. The maximum absolute atomic E-state index is 12.5. The third kappa shape index (κ3) is 3.95. The van der Waals surface area contributed by atoms with Gasteiger partial charge in [0.15, 0.2) is 0 Å². The highest BCUT2D eigenvalue weighted by Gasteiger charge is 2.34. The molecule has 4 heteroatoms. The molecular weight excluding hydrogens is 310 g/mol. The zero-order chi connectivity index (χ0) is 17.6. The van der Waals surface area contributed by atoms with Gasteiger partial charge in [0.25, 0.3) is 0 Å². The van der Waals surface area contributed by atoms with Gasteiger partial charge in [-0.05, 0) is 36.6 Å². The van der Waals surface area contributed by atoms with Gasteiger partial charge in [-0.25, -0.2) is 4.79 Å². The molecule has 132 valence electrons. The fourth-order valence-electron chi connectivity index (χ4n) is 3.35. The summed E-state index contributed by atoms with van der Waals surface area (Å²) in [4.78, 5) is 16.8. The average Bonchev–Trinajstić information content (AvgIpc) is 2.61. The molecule has 1 heterocycles. The summed E-state index contributed by atoms with van der Waals surface area (Å²) in [5.41, 5.74) is 3.34. The van der Waals surface area contributed by atoms with E-state index in [1.807, 2.05) is 29.2 Å². The zero-order valence-electron chi connectivity index (χ0n) is 15.1. The second-order valence-electron chi connectivity index (χ2n) is 6.53. The maximum atomic E-state index is 12.5. The van der Waals surface area contributed by atoms with Crippen molar-refractivity contribution in [1.82, 2.24) is 4.90 Å². The van der Waals surface area contributed by atoms with Gasteiger partial charge in [0.05, 0.1) is 6.04 Å². The Labute approximate surface area is 150 Å². The van der Waals surface area contributed by atoms with Crippen molar-refractivity contribution in [2.75, 3.05) is 29.9 Å². The summed E-state index contributed by atoms with van der Waals surface area (Å²) in [6, 6.07) is 18.9. The molecule has 0 aromatic heterocycles. The molecule has 0 bridgehead atoms. The van der Waals surface area contributed by atoms with E-state index in [1.54, 1.807) is 0 Å². The second kappa shape index (κ2) is 8.06. The van der Waals surface area contributed by atoms with Crippen molar-refractivity contribution in [3.8, 4) is 0 Å². The van der Waals surface area contributed by atoms with Crippen LogP contribution in [0.2, 0.25) is 0 Å². The van der Waals surface area contributed by atoms with Crippen molar-refractivity contribution in [1.29, 1.82) is 0 Å². The van der Waals surface area contributed by atoms with Crippen LogP contribution in [-0.4, -0.2) is 36.6 Å². The summed E-state index contributed by atoms with van der Waals surface area (Å²) in [7, 11) is 0. The fraction of sp³-hybridized carbons (Fsp3) is 0.381. The Balaban J connectivity index is 1.60. The number of likely N-dealkylation sites (tertiary alicyclic amines) is 1. The van der Waals surface area contributed by atoms with Gasteiger partial charge in [-0.15, -0.1) is 0 Å². The number of hydrogen-bond donors (Lipinski definition) is 1. The smallest absolute Gasteiger partial charge is 0.321 e. The number of nitrogens with zero attached hydrogens (tertiary/aromatic N) is 2. The first-order valence-electron chi connectivity index (χ1n) is 9.18. The van der Waals surface area contributed by atoms with Crippen LogP contribution in [0.3, 0.4) is 0 Å². The van der Waals surface area contributed by atoms with Gasteiger partial charge < -0.3 is 15.1 Å². The number of carbonyl (C=O) groups is 1. The lowest BCUT2D eigenvalue weighted by Gasteiger charge is -2.46. The highest BCUT2D eigenvalue weighted by molar-refractivity contribution is 5.90. The molecule has 0 atom stereocenters. The monoisotopic (exact) mass is 337 g/mol. The Bertz CT molecular complexity index is 695. The zero-order valence-corrected chi connectivity index (χ0v) is 15.1. The number of hydrogen-bond acceptors (Lipinski definition) is 2. The van der Waals surface area contributed by atoms with Gasteiger partial charge in [0.2, 0.25) is 0 Å². The van der Waals surface area contributed by atoms with Crippen LogP contribution in [0.1, 0.15) is 25.8 Å². The molecule has 0 unspecified atom stereocenters. The summed E-state index contributed by atoms with van der Waals surface area (Å²) in [5.74, 6) is 0. The minimum Gasteiger partial charge on any atom is -0.365 e. The minimum absolute atomic E-state index is 0.00154. The predicted octanol–water partition coefficient (Wildman–Crippen LogP) is 4.38. The van der Waals surface area contributed by atoms with Crippen LogP contribution in [0.5, 0.6) is 0 Å². The van der Waals surface area contributed by atoms with Gasteiger partial charge in [-0.2, -0.15) is 0 Å². The Morgan fingerprint density at radius 2 is 1.76 bits per heavy atom. The molecule has 0 radical (unpaired) electrons. The van der Waals surface area contributed by atoms with Crippen LogP contribution < -0.4 is 10.2 Å². The molecule has 3 rings (SSSR count). The number of rotatable bonds is 6. The minimum atomic E-state index is 0.00154. The molecule has 1 aliphatic heterocycles. The molecule has 0 aliphatic carbocycles. The van der Waals surface area contributed by atoms with Gasteiger partial charge in [0.1, 0.15) is 0 Å². The third-order valence-electron chi connectivity index (χ3n) is 4.78. The number of benzene rings is 2. The molecule has 1 fully saturated rings. The Hall–Kier alpha value is -2.49. The van der Waals surface area contributed by atoms with Crippen molar-refractivity contribution < 1.29 is 4.79 Å². The first-order chi connectivity index (χ1) is 12.2. The molecule has 2 aromatic rings. The van der Waals surface area contributed by atoms with E-state index >= 15 is 0 Å². The molecule has 1 aliphatic rings. The molecule has 1 saturated heterocycles. The molecule has 2 amide bonds. The summed E-state index contributed by atoms with van der Waals surface area (Å²) in [6.07, 6.45) is 2.01. The normalized spacial score (nSPS) is 14.1. The number of anilines is 2. The Morgan fingerprint density at radius 1 is 1.08 bits per heavy atom. The van der Waals surface area contributed by atoms with Crippen molar-refractivity contribution in [2.24, 2.45) is 0 Å². The number of amides is 2. The summed E-state index contributed by atoms with van der Waals surface area (Å²) >= 11 is 0. The summed E-state index contributed by atoms with van der Waals surface area (Å²) < 4.78 is 0. The van der Waals surface area contributed by atoms with Crippen molar-refractivity contribution in [2.45, 2.75) is 32.7 Å². The van der Waals surface area contributed by atoms with E-state index in [1.165, 1.54) is 11.3 Å². The van der Waals surface area contributed by atoms with E-state index in [-0.39, 0.29) is 6.03 Å². The number of nitrogens with one attached hydrogen (secondary N) is 1. The molecule has 4 nitrogen and oxygen atoms in total. The topological polar surface area (TPSA) is 35.6 Å². The largest absolute Gasteiger partial charge is 0.365 e. The van der Waals surface area contributed by atoms with Crippen molar-refractivity contribution in [3.63, 3.8) is 0 Å². The van der Waals surface area contributed by atoms with Crippen molar-refractivity contribution >= 4 is 17.4 Å². The second-order valence-corrected chi connectivity index (χ2v) is 6.53. The van der Waals surface area contributed by atoms with Crippen LogP contribution in [0, 0.1) is 0 Å². The van der Waals surface area contributed by atoms with Gasteiger partial charge in [-0.1, -0.05) is 50.2 Å². The van der Waals surface area contributed by atoms with E-state index in [4.69, 9.17) is 0 Å². The molecule has 2 aromatic carbocycles. The first-order valence-corrected chi connectivity index (χ1v) is 9.18. The third-order valence-corrected chi connectivity index (χ3v) is 4.78. The van der Waals surface area contributed by atoms with E-state index in [2.05, 4.69) is 54.4 Å². The molecule has 25 heavy (non-hydrogen) atoms. The number of aryl methyl sites for hydroxylation is 1.